The summed E-state index contributed by atoms with van der Waals surface area (Å²) in [5.74, 6) is -0.275. The van der Waals surface area contributed by atoms with Crippen molar-refractivity contribution in [3.8, 4) is 6.07 Å². The highest BCUT2D eigenvalue weighted by Gasteiger charge is 2.38. The molecule has 0 atom stereocenters. The van der Waals surface area contributed by atoms with Gasteiger partial charge < -0.3 is 9.64 Å². The number of halogens is 1. The van der Waals surface area contributed by atoms with Gasteiger partial charge in [0.15, 0.2) is 11.6 Å². The predicted octanol–water partition coefficient (Wildman–Crippen LogP) is 1.53. The van der Waals surface area contributed by atoms with Crippen molar-refractivity contribution in [2.24, 2.45) is 0 Å². The van der Waals surface area contributed by atoms with Crippen LogP contribution in [-0.4, -0.2) is 30.8 Å². The van der Waals surface area contributed by atoms with Crippen molar-refractivity contribution in [1.82, 2.24) is 4.98 Å². The minimum Gasteiger partial charge on any atom is -0.381 e. The average molecular weight is 234 g/mol. The molecule has 17 heavy (non-hydrogen) atoms. The van der Waals surface area contributed by atoms with E-state index in [4.69, 9.17) is 4.74 Å². The van der Waals surface area contributed by atoms with E-state index in [1.165, 1.54) is 12.1 Å². The highest BCUT2D eigenvalue weighted by atomic mass is 19.1. The van der Waals surface area contributed by atoms with Gasteiger partial charge in [-0.1, -0.05) is 0 Å². The summed E-state index contributed by atoms with van der Waals surface area (Å²) in [7, 11) is 1.69. The Morgan fingerprint density at radius 2 is 2.29 bits per heavy atom. The molecule has 2 rings (SSSR count). The van der Waals surface area contributed by atoms with Crippen LogP contribution in [0, 0.1) is 23.3 Å². The molecule has 5 heteroatoms. The van der Waals surface area contributed by atoms with Crippen LogP contribution in [0.5, 0.6) is 0 Å². The molecule has 0 amide bonds. The first-order chi connectivity index (χ1) is 8.19. The summed E-state index contributed by atoms with van der Waals surface area (Å²) >= 11 is 0. The molecule has 0 bridgehead atoms. The van der Waals surface area contributed by atoms with E-state index in [1.54, 1.807) is 11.9 Å². The number of aromatic nitrogens is 1. The van der Waals surface area contributed by atoms with Crippen molar-refractivity contribution >= 4 is 5.82 Å². The Kier molecular flexibility index (Phi) is 3.25. The van der Waals surface area contributed by atoms with E-state index in [0.717, 1.165) is 0 Å². The lowest BCUT2D eigenvalue weighted by Gasteiger charge is -2.39. The molecule has 1 fully saturated rings. The minimum absolute atomic E-state index is 0.163. The molecule has 0 aliphatic carbocycles. The van der Waals surface area contributed by atoms with Crippen molar-refractivity contribution in [2.75, 3.05) is 25.2 Å². The number of hydrogen-bond acceptors (Lipinski definition) is 4. The molecule has 1 aliphatic rings. The van der Waals surface area contributed by atoms with E-state index < -0.39 is 11.4 Å². The molecule has 0 N–H and O–H groups in total. The van der Waals surface area contributed by atoms with Gasteiger partial charge in [0.1, 0.15) is 5.54 Å². The smallest absolute Gasteiger partial charge is 0.166 e. The van der Waals surface area contributed by atoms with Gasteiger partial charge in [0, 0.05) is 33.1 Å². The molecular formula is C12H13FN3O. The molecule has 89 valence electrons. The molecule has 1 aromatic heterocycles. The maximum atomic E-state index is 13.6. The van der Waals surface area contributed by atoms with Gasteiger partial charge in [-0.3, -0.25) is 0 Å². The van der Waals surface area contributed by atoms with Gasteiger partial charge in [0.2, 0.25) is 0 Å². The Morgan fingerprint density at radius 3 is 2.88 bits per heavy atom. The van der Waals surface area contributed by atoms with Crippen molar-refractivity contribution in [3.05, 3.63) is 24.1 Å². The third-order valence-electron chi connectivity index (χ3n) is 3.18. The lowest BCUT2D eigenvalue weighted by atomic mass is 9.90. The number of pyridine rings is 1. The van der Waals surface area contributed by atoms with Crippen molar-refractivity contribution in [2.45, 2.75) is 18.4 Å². The van der Waals surface area contributed by atoms with E-state index in [-0.39, 0.29) is 5.82 Å². The highest BCUT2D eigenvalue weighted by Crippen LogP contribution is 2.30. The van der Waals surface area contributed by atoms with E-state index in [1.807, 2.05) is 0 Å². The fraction of sp³-hybridized carbons (Fsp3) is 0.500. The summed E-state index contributed by atoms with van der Waals surface area (Å²) in [4.78, 5) is 5.48. The number of hydrogen-bond donors (Lipinski definition) is 0. The summed E-state index contributed by atoms with van der Waals surface area (Å²) in [5.41, 5.74) is -0.735. The first-order valence-corrected chi connectivity index (χ1v) is 5.45. The van der Waals surface area contributed by atoms with Crippen LogP contribution in [0.25, 0.3) is 0 Å². The summed E-state index contributed by atoms with van der Waals surface area (Å²) < 4.78 is 18.9. The molecule has 1 aliphatic heterocycles. The lowest BCUT2D eigenvalue weighted by molar-refractivity contribution is 0.0680. The van der Waals surface area contributed by atoms with Crippen LogP contribution >= 0.6 is 0 Å². The zero-order valence-electron chi connectivity index (χ0n) is 9.61. The second kappa shape index (κ2) is 4.68. The van der Waals surface area contributed by atoms with Crippen LogP contribution in [0.1, 0.15) is 12.8 Å². The van der Waals surface area contributed by atoms with Gasteiger partial charge in [-0.15, -0.1) is 0 Å². The van der Waals surface area contributed by atoms with Crippen LogP contribution < -0.4 is 4.90 Å². The zero-order chi connectivity index (χ0) is 12.3. The third-order valence-corrected chi connectivity index (χ3v) is 3.18. The summed E-state index contributed by atoms with van der Waals surface area (Å²) in [6, 6.07) is 4.98. The molecule has 0 aromatic carbocycles. The van der Waals surface area contributed by atoms with E-state index in [9.17, 15) is 9.65 Å². The lowest BCUT2D eigenvalue weighted by Crippen LogP contribution is -2.50. The van der Waals surface area contributed by atoms with Crippen molar-refractivity contribution in [1.29, 1.82) is 5.26 Å². The maximum absolute atomic E-state index is 13.6. The Morgan fingerprint density at radius 1 is 1.59 bits per heavy atom. The fourth-order valence-corrected chi connectivity index (χ4v) is 2.01. The quantitative estimate of drug-likeness (QED) is 0.778. The molecule has 1 aromatic rings. The Hall–Kier alpha value is -1.67. The number of anilines is 1. The van der Waals surface area contributed by atoms with Crippen LogP contribution in [0.2, 0.25) is 0 Å². The average Bonchev–Trinajstić information content (AvgIpc) is 2.39. The monoisotopic (exact) mass is 234 g/mol. The van der Waals surface area contributed by atoms with Crippen molar-refractivity contribution < 1.29 is 9.13 Å². The largest absolute Gasteiger partial charge is 0.381 e. The molecule has 2 heterocycles. The highest BCUT2D eigenvalue weighted by molar-refractivity contribution is 5.45. The van der Waals surface area contributed by atoms with E-state index in [0.29, 0.717) is 26.1 Å². The minimum atomic E-state index is -0.735. The Balaban J connectivity index is 2.32. The van der Waals surface area contributed by atoms with Crippen LogP contribution in [0.15, 0.2) is 12.1 Å². The third kappa shape index (κ3) is 2.08. The summed E-state index contributed by atoms with van der Waals surface area (Å²) in [6.45, 7) is 1.02. The first kappa shape index (κ1) is 11.8. The molecular weight excluding hydrogens is 221 g/mol. The maximum Gasteiger partial charge on any atom is 0.166 e. The van der Waals surface area contributed by atoms with Crippen LogP contribution in [-0.2, 0) is 4.74 Å². The van der Waals surface area contributed by atoms with Crippen LogP contribution in [0.3, 0.4) is 0 Å². The molecule has 0 spiro atoms. The Labute approximate surface area is 99.6 Å². The molecule has 1 saturated heterocycles. The summed E-state index contributed by atoms with van der Waals surface area (Å²) in [5, 5.41) is 9.36. The number of nitriles is 1. The van der Waals surface area contributed by atoms with Gasteiger partial charge in [-0.25, -0.2) is 9.37 Å². The fourth-order valence-electron chi connectivity index (χ4n) is 2.01. The van der Waals surface area contributed by atoms with Gasteiger partial charge >= 0.3 is 0 Å². The van der Waals surface area contributed by atoms with Gasteiger partial charge in [0.05, 0.1) is 12.3 Å². The molecule has 0 unspecified atom stereocenters. The topological polar surface area (TPSA) is 49.2 Å². The standard InChI is InChI=1S/C12H13FN3O/c1-16(11-10(13)3-2-6-15-11)12(9-14)4-7-17-8-5-12/h2-3H,4-5,7-8H2,1H3. The van der Waals surface area contributed by atoms with Gasteiger partial charge in [0.25, 0.3) is 0 Å². The second-order valence-electron chi connectivity index (χ2n) is 4.06. The molecule has 4 nitrogen and oxygen atoms in total. The SMILES string of the molecule is CN(c1n[c]ccc1F)C1(C#N)CCOCC1. The normalized spacial score (nSPS) is 18.4. The van der Waals surface area contributed by atoms with Gasteiger partial charge in [-0.05, 0) is 12.1 Å². The molecule has 1 radical (unpaired) electrons. The zero-order valence-corrected chi connectivity index (χ0v) is 9.61. The van der Waals surface area contributed by atoms with E-state index >= 15 is 0 Å². The van der Waals surface area contributed by atoms with Crippen molar-refractivity contribution in [3.63, 3.8) is 0 Å². The Bertz CT molecular complexity index is 438. The number of nitrogens with zero attached hydrogens (tertiary/aromatic N) is 3. The molecule has 0 saturated carbocycles. The number of rotatable bonds is 2. The van der Waals surface area contributed by atoms with Crippen LogP contribution in [0.4, 0.5) is 10.2 Å². The van der Waals surface area contributed by atoms with Gasteiger partial charge in [-0.2, -0.15) is 5.26 Å². The van der Waals surface area contributed by atoms with E-state index in [2.05, 4.69) is 17.3 Å². The first-order valence-electron chi connectivity index (χ1n) is 5.45. The summed E-state index contributed by atoms with van der Waals surface area (Å²) in [6.07, 6.45) is 3.69. The predicted molar refractivity (Wildman–Crippen MR) is 59.8 cm³/mol. The number of ether oxygens (including phenoxy) is 1. The second-order valence-corrected chi connectivity index (χ2v) is 4.06.